The highest BCUT2D eigenvalue weighted by molar-refractivity contribution is 7.86. The second-order valence-corrected chi connectivity index (χ2v) is 8.37. The first kappa shape index (κ1) is 17.1. The zero-order chi connectivity index (χ0) is 15.5. The first-order valence-corrected chi connectivity index (χ1v) is 9.47. The van der Waals surface area contributed by atoms with Crippen molar-refractivity contribution in [1.82, 2.24) is 18.8 Å². The third-order valence-electron chi connectivity index (χ3n) is 4.67. The predicted molar refractivity (Wildman–Crippen MR) is 85.4 cm³/mol. The Kier molecular flexibility index (Phi) is 6.02. The lowest BCUT2D eigenvalue weighted by Gasteiger charge is -2.34. The highest BCUT2D eigenvalue weighted by Gasteiger charge is 2.38. The Hall–Kier alpha value is -0.210. The van der Waals surface area contributed by atoms with E-state index in [0.717, 1.165) is 32.4 Å². The van der Waals surface area contributed by atoms with Gasteiger partial charge in [-0.25, -0.2) is 0 Å². The van der Waals surface area contributed by atoms with Crippen molar-refractivity contribution < 1.29 is 8.42 Å². The SMILES string of the molecule is CCNCC1CCCN(S(=O)(=O)N2CCC(N(C)C)C2)C1. The molecule has 2 aliphatic heterocycles. The van der Waals surface area contributed by atoms with Gasteiger partial charge >= 0.3 is 0 Å². The van der Waals surface area contributed by atoms with Gasteiger partial charge in [0.2, 0.25) is 0 Å². The van der Waals surface area contributed by atoms with Crippen molar-refractivity contribution in [3.8, 4) is 0 Å². The molecule has 2 aliphatic rings. The third-order valence-corrected chi connectivity index (χ3v) is 6.64. The van der Waals surface area contributed by atoms with Gasteiger partial charge in [-0.3, -0.25) is 0 Å². The maximum atomic E-state index is 12.8. The van der Waals surface area contributed by atoms with Crippen LogP contribution in [0.4, 0.5) is 0 Å². The number of piperidine rings is 1. The quantitative estimate of drug-likeness (QED) is 0.759. The van der Waals surface area contributed by atoms with Gasteiger partial charge in [0, 0.05) is 32.2 Å². The Morgan fingerprint density at radius 3 is 2.48 bits per heavy atom. The molecule has 2 atom stereocenters. The average molecular weight is 318 g/mol. The van der Waals surface area contributed by atoms with E-state index in [-0.39, 0.29) is 0 Å². The fourth-order valence-electron chi connectivity index (χ4n) is 3.26. The zero-order valence-corrected chi connectivity index (χ0v) is 14.4. The summed E-state index contributed by atoms with van der Waals surface area (Å²) in [6.07, 6.45) is 3.03. The molecule has 1 N–H and O–H groups in total. The lowest BCUT2D eigenvalue weighted by Crippen LogP contribution is -2.49. The summed E-state index contributed by atoms with van der Waals surface area (Å²) in [5, 5.41) is 3.34. The van der Waals surface area contributed by atoms with Crippen molar-refractivity contribution in [2.24, 2.45) is 5.92 Å². The van der Waals surface area contributed by atoms with Crippen LogP contribution in [0.3, 0.4) is 0 Å². The molecule has 0 aromatic heterocycles. The molecule has 2 rings (SSSR count). The van der Waals surface area contributed by atoms with Crippen LogP contribution in [0.5, 0.6) is 0 Å². The van der Waals surface area contributed by atoms with E-state index in [0.29, 0.717) is 38.1 Å². The molecule has 0 aromatic rings. The Morgan fingerprint density at radius 2 is 1.86 bits per heavy atom. The average Bonchev–Trinajstić information content (AvgIpc) is 2.96. The van der Waals surface area contributed by atoms with Crippen molar-refractivity contribution in [2.75, 3.05) is 53.4 Å². The Balaban J connectivity index is 1.96. The van der Waals surface area contributed by atoms with Crippen LogP contribution in [-0.4, -0.2) is 81.3 Å². The Bertz CT molecular complexity index is 427. The van der Waals surface area contributed by atoms with Crippen LogP contribution >= 0.6 is 0 Å². The van der Waals surface area contributed by atoms with Crippen molar-refractivity contribution in [2.45, 2.75) is 32.2 Å². The number of nitrogens with zero attached hydrogens (tertiary/aromatic N) is 3. The van der Waals surface area contributed by atoms with Crippen LogP contribution in [0.1, 0.15) is 26.2 Å². The van der Waals surface area contributed by atoms with E-state index >= 15 is 0 Å². The fourth-order valence-corrected chi connectivity index (χ4v) is 5.04. The topological polar surface area (TPSA) is 55.9 Å². The normalized spacial score (nSPS) is 29.3. The zero-order valence-electron chi connectivity index (χ0n) is 13.6. The molecule has 0 aromatic carbocycles. The van der Waals surface area contributed by atoms with Gasteiger partial charge in [0.25, 0.3) is 10.2 Å². The highest BCUT2D eigenvalue weighted by Crippen LogP contribution is 2.24. The number of likely N-dealkylation sites (N-methyl/N-ethyl adjacent to an activating group) is 1. The molecule has 6 nitrogen and oxygen atoms in total. The Morgan fingerprint density at radius 1 is 1.14 bits per heavy atom. The molecule has 0 spiro atoms. The molecule has 124 valence electrons. The van der Waals surface area contributed by atoms with Crippen LogP contribution in [0, 0.1) is 5.92 Å². The molecule has 0 bridgehead atoms. The molecular weight excluding hydrogens is 288 g/mol. The van der Waals surface area contributed by atoms with Crippen molar-refractivity contribution in [3.05, 3.63) is 0 Å². The molecule has 2 heterocycles. The second-order valence-electron chi connectivity index (χ2n) is 6.45. The Labute approximate surface area is 129 Å². The number of hydrogen-bond acceptors (Lipinski definition) is 4. The van der Waals surface area contributed by atoms with E-state index in [4.69, 9.17) is 0 Å². The summed E-state index contributed by atoms with van der Waals surface area (Å²) in [7, 11) is 0.770. The molecule has 2 unspecified atom stereocenters. The van der Waals surface area contributed by atoms with E-state index in [1.807, 2.05) is 14.1 Å². The third kappa shape index (κ3) is 4.16. The van der Waals surface area contributed by atoms with Crippen LogP contribution < -0.4 is 5.32 Å². The maximum Gasteiger partial charge on any atom is 0.282 e. The summed E-state index contributed by atoms with van der Waals surface area (Å²) in [5.41, 5.74) is 0. The van der Waals surface area contributed by atoms with Gasteiger partial charge < -0.3 is 10.2 Å². The first-order valence-electron chi connectivity index (χ1n) is 8.07. The lowest BCUT2D eigenvalue weighted by molar-refractivity contribution is 0.243. The summed E-state index contributed by atoms with van der Waals surface area (Å²) in [5.74, 6) is 0.445. The monoisotopic (exact) mass is 318 g/mol. The molecule has 21 heavy (non-hydrogen) atoms. The highest BCUT2D eigenvalue weighted by atomic mass is 32.2. The van der Waals surface area contributed by atoms with Gasteiger partial charge in [0.15, 0.2) is 0 Å². The molecular formula is C14H30N4O2S. The van der Waals surface area contributed by atoms with Gasteiger partial charge in [-0.15, -0.1) is 0 Å². The van der Waals surface area contributed by atoms with Crippen LogP contribution in [0.2, 0.25) is 0 Å². The smallest absolute Gasteiger partial charge is 0.282 e. The standard InChI is InChI=1S/C14H30N4O2S/c1-4-15-10-13-6-5-8-17(11-13)21(19,20)18-9-7-14(12-18)16(2)3/h13-15H,4-12H2,1-3H3. The fraction of sp³-hybridized carbons (Fsp3) is 1.00. The largest absolute Gasteiger partial charge is 0.317 e. The van der Waals surface area contributed by atoms with Crippen LogP contribution in [0.25, 0.3) is 0 Å². The van der Waals surface area contributed by atoms with Gasteiger partial charge in [0.1, 0.15) is 0 Å². The van der Waals surface area contributed by atoms with Crippen molar-refractivity contribution in [1.29, 1.82) is 0 Å². The van der Waals surface area contributed by atoms with Gasteiger partial charge in [-0.2, -0.15) is 17.0 Å². The minimum Gasteiger partial charge on any atom is -0.317 e. The van der Waals surface area contributed by atoms with Crippen LogP contribution in [0.15, 0.2) is 0 Å². The molecule has 2 saturated heterocycles. The van der Waals surface area contributed by atoms with Gasteiger partial charge in [0.05, 0.1) is 0 Å². The van der Waals surface area contributed by atoms with E-state index in [9.17, 15) is 8.42 Å². The first-order chi connectivity index (χ1) is 9.95. The van der Waals surface area contributed by atoms with Crippen molar-refractivity contribution >= 4 is 10.2 Å². The van der Waals surface area contributed by atoms with Crippen LogP contribution in [-0.2, 0) is 10.2 Å². The summed E-state index contributed by atoms with van der Waals surface area (Å²) in [6, 6.07) is 0.349. The molecule has 7 heteroatoms. The minimum atomic E-state index is -3.27. The second kappa shape index (κ2) is 7.37. The molecule has 0 radical (unpaired) electrons. The van der Waals surface area contributed by atoms with E-state index in [2.05, 4.69) is 17.1 Å². The summed E-state index contributed by atoms with van der Waals surface area (Å²) >= 11 is 0. The summed E-state index contributed by atoms with van der Waals surface area (Å²) < 4.78 is 29.0. The lowest BCUT2D eigenvalue weighted by atomic mass is 10.00. The molecule has 0 amide bonds. The number of nitrogens with one attached hydrogen (secondary N) is 1. The summed E-state index contributed by atoms with van der Waals surface area (Å²) in [4.78, 5) is 2.12. The maximum absolute atomic E-state index is 12.8. The summed E-state index contributed by atoms with van der Waals surface area (Å²) in [6.45, 7) is 6.57. The molecule has 0 aliphatic carbocycles. The van der Waals surface area contributed by atoms with E-state index < -0.39 is 10.2 Å². The number of hydrogen-bond donors (Lipinski definition) is 1. The van der Waals surface area contributed by atoms with Gasteiger partial charge in [-0.1, -0.05) is 6.92 Å². The van der Waals surface area contributed by atoms with E-state index in [1.165, 1.54) is 0 Å². The number of rotatable bonds is 6. The minimum absolute atomic E-state index is 0.349. The van der Waals surface area contributed by atoms with Crippen molar-refractivity contribution in [3.63, 3.8) is 0 Å². The van der Waals surface area contributed by atoms with E-state index in [1.54, 1.807) is 8.61 Å². The predicted octanol–water partition coefficient (Wildman–Crippen LogP) is 0.189. The molecule has 0 saturated carbocycles. The van der Waals surface area contributed by atoms with Gasteiger partial charge in [-0.05, 0) is 52.4 Å². The molecule has 2 fully saturated rings.